The Labute approximate surface area is 246 Å². The van der Waals surface area contributed by atoms with Crippen LogP contribution in [0.2, 0.25) is 0 Å². The van der Waals surface area contributed by atoms with Crippen LogP contribution in [0.3, 0.4) is 0 Å². The number of hydrogen-bond donors (Lipinski definition) is 1. The van der Waals surface area contributed by atoms with Crippen LogP contribution in [0.15, 0.2) is 54.9 Å². The molecule has 0 saturated carbocycles. The van der Waals surface area contributed by atoms with Crippen molar-refractivity contribution in [3.05, 3.63) is 77.6 Å². The minimum absolute atomic E-state index is 0.0195. The van der Waals surface area contributed by atoms with E-state index in [1.165, 1.54) is 35.8 Å². The number of anilines is 2. The lowest BCUT2D eigenvalue weighted by atomic mass is 10.0. The number of hydrogen-bond acceptors (Lipinski definition) is 9. The van der Waals surface area contributed by atoms with Crippen molar-refractivity contribution < 1.29 is 31.5 Å². The molecule has 0 spiro atoms. The molecule has 1 N–H and O–H groups in total. The number of amides is 1. The van der Waals surface area contributed by atoms with Crippen molar-refractivity contribution in [2.45, 2.75) is 38.1 Å². The van der Waals surface area contributed by atoms with E-state index in [1.807, 2.05) is 4.72 Å². The molecule has 3 aromatic heterocycles. The summed E-state index contributed by atoms with van der Waals surface area (Å²) in [7, 11) is -3.10. The Morgan fingerprint density at radius 3 is 2.77 bits per heavy atom. The van der Waals surface area contributed by atoms with Crippen LogP contribution in [0.25, 0.3) is 5.65 Å². The number of alkyl halides is 1. The van der Waals surface area contributed by atoms with Crippen LogP contribution in [0.5, 0.6) is 5.75 Å². The normalized spacial score (nSPS) is 20.5. The van der Waals surface area contributed by atoms with Crippen LogP contribution < -0.4 is 18.7 Å². The fraction of sp³-hybridized carbons (Fsp3) is 0.357. The second kappa shape index (κ2) is 11.4. The van der Waals surface area contributed by atoms with E-state index in [2.05, 4.69) is 15.2 Å². The summed E-state index contributed by atoms with van der Waals surface area (Å²) in [6.45, 7) is 2.72. The molecule has 43 heavy (non-hydrogen) atoms. The standard InChI is InChI=1S/C28H29F2N7O5S/c1-17-3-7-27(33-32-17)35(2)43(39,40)34-28(38)24-13-31-26-8-5-20(15-37(24)26)36-14-19(30)12-23(36)22-11-18(29)4-6-25(22)42-21-9-10-41-16-21/h3-8,11,13,15,19,21,23H,9-10,12,14,16H2,1-2H3,(H,34,38)/t19-,21?,23+/m0/s1. The molecule has 1 aromatic carbocycles. The first-order valence-electron chi connectivity index (χ1n) is 13.6. The first-order valence-corrected chi connectivity index (χ1v) is 15.1. The topological polar surface area (TPSA) is 131 Å². The monoisotopic (exact) mass is 613 g/mol. The van der Waals surface area contributed by atoms with E-state index in [-0.39, 0.29) is 30.6 Å². The number of ether oxygens (including phenoxy) is 2. The van der Waals surface area contributed by atoms with Gasteiger partial charge in [0, 0.05) is 38.2 Å². The van der Waals surface area contributed by atoms with E-state index in [0.717, 1.165) is 4.31 Å². The van der Waals surface area contributed by atoms with Gasteiger partial charge in [0.05, 0.1) is 36.8 Å². The maximum atomic E-state index is 15.0. The molecule has 2 aliphatic rings. The minimum atomic E-state index is -4.35. The van der Waals surface area contributed by atoms with Crippen LogP contribution in [0.1, 0.15) is 40.6 Å². The van der Waals surface area contributed by atoms with E-state index in [0.29, 0.717) is 48.0 Å². The molecule has 226 valence electrons. The highest BCUT2D eigenvalue weighted by molar-refractivity contribution is 7.91. The lowest BCUT2D eigenvalue weighted by Crippen LogP contribution is -2.42. The quantitative estimate of drug-likeness (QED) is 0.318. The summed E-state index contributed by atoms with van der Waals surface area (Å²) in [4.78, 5) is 19.2. The summed E-state index contributed by atoms with van der Waals surface area (Å²) in [6.07, 6.45) is 2.23. The van der Waals surface area contributed by atoms with Crippen molar-refractivity contribution in [1.82, 2.24) is 24.3 Å². The van der Waals surface area contributed by atoms with Gasteiger partial charge in [-0.15, -0.1) is 5.10 Å². The molecule has 5 heterocycles. The molecule has 4 aromatic rings. The van der Waals surface area contributed by atoms with Crippen LogP contribution >= 0.6 is 0 Å². The Hall–Kier alpha value is -4.37. The summed E-state index contributed by atoms with van der Waals surface area (Å²) in [5, 5.41) is 7.70. The molecule has 0 aliphatic carbocycles. The maximum Gasteiger partial charge on any atom is 0.327 e. The van der Waals surface area contributed by atoms with Gasteiger partial charge in [-0.3, -0.25) is 9.20 Å². The highest BCUT2D eigenvalue weighted by atomic mass is 32.2. The third-order valence-electron chi connectivity index (χ3n) is 7.51. The Bertz CT molecular complexity index is 1760. The molecule has 1 amide bonds. The third kappa shape index (κ3) is 5.82. The highest BCUT2D eigenvalue weighted by Crippen LogP contribution is 2.42. The fourth-order valence-corrected chi connectivity index (χ4v) is 6.08. The van der Waals surface area contributed by atoms with Gasteiger partial charge in [0.15, 0.2) is 5.82 Å². The van der Waals surface area contributed by atoms with Gasteiger partial charge in [0.25, 0.3) is 5.91 Å². The number of halogens is 2. The Morgan fingerprint density at radius 1 is 1.19 bits per heavy atom. The van der Waals surface area contributed by atoms with Gasteiger partial charge in [-0.05, 0) is 49.4 Å². The van der Waals surface area contributed by atoms with Crippen molar-refractivity contribution in [3.8, 4) is 5.75 Å². The van der Waals surface area contributed by atoms with Crippen molar-refractivity contribution in [2.24, 2.45) is 0 Å². The van der Waals surface area contributed by atoms with E-state index < -0.39 is 34.1 Å². The van der Waals surface area contributed by atoms with Gasteiger partial charge in [-0.1, -0.05) is 0 Å². The summed E-state index contributed by atoms with van der Waals surface area (Å²) < 4.78 is 71.1. The Kier molecular flexibility index (Phi) is 7.60. The number of carbonyl (C=O) groups is 1. The zero-order valence-corrected chi connectivity index (χ0v) is 24.2. The Morgan fingerprint density at radius 2 is 2.02 bits per heavy atom. The second-order valence-corrected chi connectivity index (χ2v) is 12.2. The van der Waals surface area contributed by atoms with E-state index in [4.69, 9.17) is 9.47 Å². The largest absolute Gasteiger partial charge is 0.488 e. The average Bonchev–Trinajstić information content (AvgIpc) is 3.73. The summed E-state index contributed by atoms with van der Waals surface area (Å²) >= 11 is 0. The van der Waals surface area contributed by atoms with Gasteiger partial charge in [0.2, 0.25) is 0 Å². The molecular formula is C28H29F2N7O5S. The number of benzene rings is 1. The predicted molar refractivity (Wildman–Crippen MR) is 153 cm³/mol. The van der Waals surface area contributed by atoms with Crippen molar-refractivity contribution in [1.29, 1.82) is 0 Å². The first-order chi connectivity index (χ1) is 20.6. The number of aryl methyl sites for hydroxylation is 1. The molecule has 0 bridgehead atoms. The van der Waals surface area contributed by atoms with Crippen LogP contribution in [-0.2, 0) is 14.9 Å². The minimum Gasteiger partial charge on any atom is -0.488 e. The van der Waals surface area contributed by atoms with Gasteiger partial charge in [-0.25, -0.2) is 22.8 Å². The van der Waals surface area contributed by atoms with Crippen LogP contribution in [-0.4, -0.2) is 73.0 Å². The summed E-state index contributed by atoms with van der Waals surface area (Å²) in [5.41, 5.74) is 1.94. The third-order valence-corrected chi connectivity index (χ3v) is 8.86. The molecular weight excluding hydrogens is 584 g/mol. The first kappa shape index (κ1) is 28.7. The van der Waals surface area contributed by atoms with Gasteiger partial charge >= 0.3 is 10.2 Å². The van der Waals surface area contributed by atoms with Gasteiger partial charge in [-0.2, -0.15) is 13.5 Å². The number of aromatic nitrogens is 4. The number of imidazole rings is 1. The van der Waals surface area contributed by atoms with Gasteiger partial charge < -0.3 is 14.4 Å². The summed E-state index contributed by atoms with van der Waals surface area (Å²) in [5.74, 6) is -0.928. The number of nitrogens with one attached hydrogen (secondary N) is 1. The SMILES string of the molecule is Cc1ccc(N(C)S(=O)(=O)NC(=O)c2cnc3ccc(N4C[C@@H](F)C[C@@H]4c4cc(F)ccc4OC4CCOC4)cn23)nn1. The number of nitrogens with zero attached hydrogens (tertiary/aromatic N) is 6. The smallest absolute Gasteiger partial charge is 0.327 e. The number of rotatable bonds is 8. The molecule has 3 atom stereocenters. The predicted octanol–water partition coefficient (Wildman–Crippen LogP) is 3.14. The molecule has 2 aliphatic heterocycles. The van der Waals surface area contributed by atoms with Crippen molar-refractivity contribution in [3.63, 3.8) is 0 Å². The molecule has 2 saturated heterocycles. The van der Waals surface area contributed by atoms with Crippen LogP contribution in [0.4, 0.5) is 20.3 Å². The molecule has 12 nitrogen and oxygen atoms in total. The van der Waals surface area contributed by atoms with Crippen molar-refractivity contribution in [2.75, 3.05) is 36.0 Å². The molecule has 15 heteroatoms. The second-order valence-electron chi connectivity index (χ2n) is 10.5. The fourth-order valence-electron chi connectivity index (χ4n) is 5.27. The van der Waals surface area contributed by atoms with E-state index >= 15 is 0 Å². The van der Waals surface area contributed by atoms with E-state index in [1.54, 1.807) is 42.3 Å². The van der Waals surface area contributed by atoms with Crippen molar-refractivity contribution >= 4 is 33.3 Å². The summed E-state index contributed by atoms with van der Waals surface area (Å²) in [6, 6.07) is 10.1. The Balaban J connectivity index is 1.29. The number of fused-ring (bicyclic) bond motifs is 1. The average molecular weight is 614 g/mol. The number of pyridine rings is 1. The highest BCUT2D eigenvalue weighted by Gasteiger charge is 2.36. The lowest BCUT2D eigenvalue weighted by molar-refractivity contribution is 0.0975. The van der Waals surface area contributed by atoms with Gasteiger partial charge in [0.1, 0.15) is 35.2 Å². The zero-order valence-electron chi connectivity index (χ0n) is 23.4. The molecule has 2 fully saturated rings. The zero-order chi connectivity index (χ0) is 30.3. The maximum absolute atomic E-state index is 15.0. The molecule has 6 rings (SSSR count). The molecule has 0 radical (unpaired) electrons. The lowest BCUT2D eigenvalue weighted by Gasteiger charge is -2.29. The number of carbonyl (C=O) groups excluding carboxylic acids is 1. The van der Waals surface area contributed by atoms with E-state index in [9.17, 15) is 22.0 Å². The molecule has 1 unspecified atom stereocenters. The van der Waals surface area contributed by atoms with Crippen LogP contribution in [0, 0.1) is 12.7 Å².